The molecule has 1 rings (SSSR count). The molecule has 0 fully saturated rings. The lowest BCUT2D eigenvalue weighted by atomic mass is 10.2. The lowest BCUT2D eigenvalue weighted by Crippen LogP contribution is -2.12. The number of esters is 1. The summed E-state index contributed by atoms with van der Waals surface area (Å²) in [6.45, 7) is 1.70. The first-order valence-corrected chi connectivity index (χ1v) is 5.83. The zero-order valence-electron chi connectivity index (χ0n) is 8.84. The number of pyridine rings is 1. The van der Waals surface area contributed by atoms with Gasteiger partial charge in [-0.1, -0.05) is 15.9 Å². The van der Waals surface area contributed by atoms with Gasteiger partial charge in [-0.25, -0.2) is 22.9 Å². The molecule has 0 amide bonds. The Morgan fingerprint density at radius 1 is 1.59 bits per heavy atom. The molecule has 0 saturated carbocycles. The third-order valence-electron chi connectivity index (χ3n) is 1.91. The van der Waals surface area contributed by atoms with Crippen molar-refractivity contribution in [2.75, 3.05) is 6.61 Å². The Hall–Kier alpha value is -1.11. The van der Waals surface area contributed by atoms with Crippen molar-refractivity contribution in [3.63, 3.8) is 0 Å². The first-order chi connectivity index (χ1) is 8.01. The summed E-state index contributed by atoms with van der Waals surface area (Å²) in [5, 5.41) is 0.0567. The topological polar surface area (TPSA) is 39.2 Å². The molecule has 1 heterocycles. The highest BCUT2D eigenvalue weighted by Gasteiger charge is 2.22. The van der Waals surface area contributed by atoms with Gasteiger partial charge in [0.2, 0.25) is 0 Å². The van der Waals surface area contributed by atoms with Gasteiger partial charge < -0.3 is 4.74 Å². The summed E-state index contributed by atoms with van der Waals surface area (Å²) >= 11 is 3.00. The van der Waals surface area contributed by atoms with Gasteiger partial charge in [0.05, 0.1) is 17.9 Å². The third kappa shape index (κ3) is 3.18. The van der Waals surface area contributed by atoms with Crippen molar-refractivity contribution in [2.24, 2.45) is 0 Å². The second kappa shape index (κ2) is 6.00. The molecule has 7 heteroatoms. The van der Waals surface area contributed by atoms with Crippen molar-refractivity contribution in [3.8, 4) is 0 Å². The smallest absolute Gasteiger partial charge is 0.340 e. The van der Waals surface area contributed by atoms with Crippen LogP contribution >= 0.6 is 15.9 Å². The van der Waals surface area contributed by atoms with E-state index in [0.717, 1.165) is 6.07 Å². The van der Waals surface area contributed by atoms with Crippen molar-refractivity contribution in [1.82, 2.24) is 4.98 Å². The zero-order chi connectivity index (χ0) is 13.0. The lowest BCUT2D eigenvalue weighted by Gasteiger charge is -2.09. The van der Waals surface area contributed by atoms with Crippen molar-refractivity contribution < 1.29 is 22.7 Å². The van der Waals surface area contributed by atoms with E-state index < -0.39 is 23.9 Å². The average molecular weight is 312 g/mol. The summed E-state index contributed by atoms with van der Waals surface area (Å²) in [7, 11) is 0. The van der Waals surface area contributed by atoms with Crippen LogP contribution in [0.1, 0.15) is 35.1 Å². The molecule has 0 saturated heterocycles. The highest BCUT2D eigenvalue weighted by atomic mass is 79.9. The van der Waals surface area contributed by atoms with Crippen LogP contribution in [0.5, 0.6) is 0 Å². The van der Waals surface area contributed by atoms with Gasteiger partial charge in [-0.15, -0.1) is 0 Å². The lowest BCUT2D eigenvalue weighted by molar-refractivity contribution is 0.0523. The minimum Gasteiger partial charge on any atom is -0.462 e. The van der Waals surface area contributed by atoms with Gasteiger partial charge in [0.25, 0.3) is 6.43 Å². The summed E-state index contributed by atoms with van der Waals surface area (Å²) in [5.74, 6) is -2.00. The number of hydrogen-bond acceptors (Lipinski definition) is 3. The van der Waals surface area contributed by atoms with E-state index >= 15 is 0 Å². The average Bonchev–Trinajstić information content (AvgIpc) is 2.28. The zero-order valence-corrected chi connectivity index (χ0v) is 10.4. The first kappa shape index (κ1) is 14.0. The standard InChI is InChI=1S/C10H9BrF3NO2/c1-2-17-10(16)5-3-6(12)8(9(13)14)15-7(5)4-11/h3,9H,2,4H2,1H3. The largest absolute Gasteiger partial charge is 0.462 e. The maximum atomic E-state index is 13.3. The van der Waals surface area contributed by atoms with Gasteiger partial charge in [0, 0.05) is 5.33 Å². The minimum absolute atomic E-state index is 0.0279. The van der Waals surface area contributed by atoms with E-state index in [4.69, 9.17) is 0 Å². The molecule has 0 unspecified atom stereocenters. The van der Waals surface area contributed by atoms with Crippen molar-refractivity contribution in [2.45, 2.75) is 18.7 Å². The fraction of sp³-hybridized carbons (Fsp3) is 0.400. The number of halogens is 4. The molecule has 17 heavy (non-hydrogen) atoms. The van der Waals surface area contributed by atoms with E-state index in [2.05, 4.69) is 25.7 Å². The molecule has 0 aliphatic heterocycles. The van der Waals surface area contributed by atoms with Gasteiger partial charge in [0.1, 0.15) is 5.69 Å². The molecule has 0 N–H and O–H groups in total. The molecule has 0 aliphatic rings. The molecular formula is C10H9BrF3NO2. The van der Waals surface area contributed by atoms with E-state index in [1.54, 1.807) is 6.92 Å². The molecule has 1 aromatic heterocycles. The summed E-state index contributed by atoms with van der Waals surface area (Å²) < 4.78 is 42.7. The van der Waals surface area contributed by atoms with Crippen LogP contribution in [0.4, 0.5) is 13.2 Å². The molecule has 0 radical (unpaired) electrons. The van der Waals surface area contributed by atoms with Gasteiger partial charge in [-0.2, -0.15) is 0 Å². The van der Waals surface area contributed by atoms with E-state index in [9.17, 15) is 18.0 Å². The Labute approximate surface area is 104 Å². The minimum atomic E-state index is -3.02. The number of carbonyl (C=O) groups is 1. The third-order valence-corrected chi connectivity index (χ3v) is 2.44. The van der Waals surface area contributed by atoms with Gasteiger partial charge >= 0.3 is 5.97 Å². The van der Waals surface area contributed by atoms with Crippen LogP contribution in [0.15, 0.2) is 6.07 Å². The molecular weight excluding hydrogens is 303 g/mol. The highest BCUT2D eigenvalue weighted by Crippen LogP contribution is 2.23. The number of carbonyl (C=O) groups excluding carboxylic acids is 1. The summed E-state index contributed by atoms with van der Waals surface area (Å²) in [4.78, 5) is 14.8. The first-order valence-electron chi connectivity index (χ1n) is 4.71. The molecule has 3 nitrogen and oxygen atoms in total. The molecule has 0 atom stereocenters. The van der Waals surface area contributed by atoms with Crippen LogP contribution in [0.3, 0.4) is 0 Å². The van der Waals surface area contributed by atoms with Crippen molar-refractivity contribution in [1.29, 1.82) is 0 Å². The van der Waals surface area contributed by atoms with Crippen molar-refractivity contribution in [3.05, 3.63) is 28.8 Å². The SMILES string of the molecule is CCOC(=O)c1cc(F)c(C(F)F)nc1CBr. The summed E-state index contributed by atoms with van der Waals surface area (Å²) in [6, 6.07) is 0.725. The van der Waals surface area contributed by atoms with Crippen LogP contribution in [-0.4, -0.2) is 17.6 Å². The van der Waals surface area contributed by atoms with Crippen LogP contribution < -0.4 is 0 Å². The highest BCUT2D eigenvalue weighted by molar-refractivity contribution is 9.08. The normalized spacial score (nSPS) is 10.7. The Morgan fingerprint density at radius 3 is 2.71 bits per heavy atom. The van der Waals surface area contributed by atoms with Crippen LogP contribution in [0.25, 0.3) is 0 Å². The van der Waals surface area contributed by atoms with E-state index in [1.165, 1.54) is 0 Å². The predicted molar refractivity (Wildman–Crippen MR) is 57.7 cm³/mol. The number of alkyl halides is 3. The van der Waals surface area contributed by atoms with Crippen LogP contribution in [0, 0.1) is 5.82 Å². The maximum Gasteiger partial charge on any atom is 0.340 e. The van der Waals surface area contributed by atoms with Gasteiger partial charge in [0.15, 0.2) is 5.82 Å². The number of ether oxygens (including phenoxy) is 1. The fourth-order valence-electron chi connectivity index (χ4n) is 1.18. The maximum absolute atomic E-state index is 13.3. The fourth-order valence-corrected chi connectivity index (χ4v) is 1.61. The summed E-state index contributed by atoms with van der Waals surface area (Å²) in [6.07, 6.45) is -3.02. The quantitative estimate of drug-likeness (QED) is 0.633. The molecule has 0 spiro atoms. The van der Waals surface area contributed by atoms with E-state index in [1.807, 2.05) is 0 Å². The number of hydrogen-bond donors (Lipinski definition) is 0. The molecule has 0 aliphatic carbocycles. The number of rotatable bonds is 4. The monoisotopic (exact) mass is 311 g/mol. The van der Waals surface area contributed by atoms with Crippen LogP contribution in [-0.2, 0) is 10.1 Å². The predicted octanol–water partition coefficient (Wildman–Crippen LogP) is 3.23. The number of aromatic nitrogens is 1. The molecule has 1 aromatic rings. The summed E-state index contributed by atoms with van der Waals surface area (Å²) in [5.41, 5.74) is -1.08. The molecule has 94 valence electrons. The van der Waals surface area contributed by atoms with E-state index in [0.29, 0.717) is 0 Å². The molecule has 0 bridgehead atoms. The van der Waals surface area contributed by atoms with E-state index in [-0.39, 0.29) is 23.2 Å². The Morgan fingerprint density at radius 2 is 2.24 bits per heavy atom. The van der Waals surface area contributed by atoms with Crippen molar-refractivity contribution >= 4 is 21.9 Å². The van der Waals surface area contributed by atoms with Gasteiger partial charge in [-0.05, 0) is 13.0 Å². The Kier molecular flexibility index (Phi) is 4.92. The van der Waals surface area contributed by atoms with Crippen LogP contribution in [0.2, 0.25) is 0 Å². The Balaban J connectivity index is 3.23. The second-order valence-corrected chi connectivity index (χ2v) is 3.57. The van der Waals surface area contributed by atoms with Gasteiger partial charge in [-0.3, -0.25) is 0 Å². The molecule has 0 aromatic carbocycles. The number of nitrogens with zero attached hydrogens (tertiary/aromatic N) is 1. The second-order valence-electron chi connectivity index (χ2n) is 3.00. The Bertz CT molecular complexity index is 426.